The molecule has 0 saturated carbocycles. The molecule has 1 aromatic heterocycles. The van der Waals surface area contributed by atoms with Crippen LogP contribution in [0.15, 0.2) is 35.1 Å². The number of thiazole rings is 1. The topological polar surface area (TPSA) is 115 Å². The highest BCUT2D eigenvalue weighted by atomic mass is 35.5. The van der Waals surface area contributed by atoms with E-state index in [2.05, 4.69) is 10.2 Å². The second kappa shape index (κ2) is 13.9. The average Bonchev–Trinajstić information content (AvgIpc) is 3.28. The molecule has 216 valence electrons. The van der Waals surface area contributed by atoms with Crippen LogP contribution < -0.4 is 34.3 Å². The van der Waals surface area contributed by atoms with Gasteiger partial charge in [0.2, 0.25) is 0 Å². The van der Waals surface area contributed by atoms with Gasteiger partial charge in [0.15, 0.2) is 17.1 Å². The SMILES string of the molecule is COc1cc(OC)c(OC)cc1/C=c1\s/c(=C(/C#N)C(=O)Nc2cc(Cl)ccc2Cl)n(CCN2CCOCC2)c1=O. The van der Waals surface area contributed by atoms with E-state index < -0.39 is 5.91 Å². The lowest BCUT2D eigenvalue weighted by atomic mass is 10.1. The first-order chi connectivity index (χ1) is 19.8. The molecule has 1 aliphatic rings. The first-order valence-electron chi connectivity index (χ1n) is 12.5. The van der Waals surface area contributed by atoms with Crippen LogP contribution in [0.5, 0.6) is 17.2 Å². The summed E-state index contributed by atoms with van der Waals surface area (Å²) in [4.78, 5) is 29.2. The minimum Gasteiger partial charge on any atom is -0.496 e. The fourth-order valence-electron chi connectivity index (χ4n) is 4.26. The van der Waals surface area contributed by atoms with Crippen LogP contribution in [0.3, 0.4) is 0 Å². The van der Waals surface area contributed by atoms with Crippen molar-refractivity contribution in [1.82, 2.24) is 9.47 Å². The Kier molecular flexibility index (Phi) is 10.3. The largest absolute Gasteiger partial charge is 0.496 e. The zero-order chi connectivity index (χ0) is 29.5. The number of morpholine rings is 1. The Morgan fingerprint density at radius 3 is 2.41 bits per heavy atom. The van der Waals surface area contributed by atoms with E-state index in [1.807, 2.05) is 6.07 Å². The molecular weight excluding hydrogens is 591 g/mol. The van der Waals surface area contributed by atoms with Crippen LogP contribution in [-0.2, 0) is 16.1 Å². The van der Waals surface area contributed by atoms with Crippen LogP contribution in [-0.4, -0.2) is 69.6 Å². The third-order valence-electron chi connectivity index (χ3n) is 6.40. The van der Waals surface area contributed by atoms with Crippen LogP contribution in [0.4, 0.5) is 5.69 Å². The number of ether oxygens (including phenoxy) is 4. The molecule has 1 N–H and O–H groups in total. The fraction of sp³-hybridized carbons (Fsp3) is 0.321. The van der Waals surface area contributed by atoms with Crippen LogP contribution >= 0.6 is 34.5 Å². The van der Waals surface area contributed by atoms with Crippen LogP contribution in [0.1, 0.15) is 5.56 Å². The van der Waals surface area contributed by atoms with Crippen LogP contribution in [0.25, 0.3) is 11.6 Å². The van der Waals surface area contributed by atoms with E-state index in [1.165, 1.54) is 32.0 Å². The number of nitrogens with one attached hydrogen (secondary N) is 1. The maximum atomic E-state index is 13.8. The molecule has 1 saturated heterocycles. The summed E-state index contributed by atoms with van der Waals surface area (Å²) in [5.41, 5.74) is 0.224. The molecule has 41 heavy (non-hydrogen) atoms. The molecule has 0 aliphatic carbocycles. The van der Waals surface area contributed by atoms with Crippen LogP contribution in [0.2, 0.25) is 10.0 Å². The van der Waals surface area contributed by atoms with Gasteiger partial charge in [0.25, 0.3) is 11.5 Å². The summed E-state index contributed by atoms with van der Waals surface area (Å²) in [5, 5.41) is 13.4. The molecule has 0 bridgehead atoms. The number of hydrogen-bond acceptors (Lipinski definition) is 9. The van der Waals surface area contributed by atoms with Gasteiger partial charge in [-0.25, -0.2) is 0 Å². The molecule has 2 heterocycles. The minimum atomic E-state index is -0.715. The summed E-state index contributed by atoms with van der Waals surface area (Å²) in [5.74, 6) is 0.654. The molecule has 0 atom stereocenters. The van der Waals surface area contributed by atoms with Gasteiger partial charge in [0.05, 0.1) is 49.8 Å². The number of benzene rings is 2. The van der Waals surface area contributed by atoms with Crippen molar-refractivity contribution in [1.29, 1.82) is 5.26 Å². The van der Waals surface area contributed by atoms with Crippen molar-refractivity contribution in [2.75, 3.05) is 59.5 Å². The third kappa shape index (κ3) is 7.04. The standard InChI is InChI=1S/C28H28Cl2N4O6S/c1-37-22-15-24(39-3)23(38-2)12-17(22)13-25-27(36)34(7-6-33-8-10-40-11-9-33)28(41-25)19(16-31)26(35)32-21-14-18(29)4-5-20(21)30/h4-5,12-15H,6-11H2,1-3H3,(H,32,35)/b25-13-,28-19-. The van der Waals surface area contributed by atoms with Crippen LogP contribution in [0, 0.1) is 11.3 Å². The number of nitrogens with zero attached hydrogens (tertiary/aromatic N) is 3. The number of anilines is 1. The molecular formula is C28H28Cl2N4O6S. The molecule has 0 spiro atoms. The van der Waals surface area contributed by atoms with Crippen molar-refractivity contribution < 1.29 is 23.7 Å². The highest BCUT2D eigenvalue weighted by Crippen LogP contribution is 2.35. The van der Waals surface area contributed by atoms with E-state index in [4.69, 9.17) is 42.1 Å². The van der Waals surface area contributed by atoms with Gasteiger partial charge in [-0.15, -0.1) is 11.3 Å². The molecule has 1 fully saturated rings. The van der Waals surface area contributed by atoms with E-state index in [-0.39, 0.29) is 33.0 Å². The molecule has 2 aromatic carbocycles. The molecule has 10 nitrogen and oxygen atoms in total. The molecule has 0 unspecified atom stereocenters. The van der Waals surface area contributed by atoms with Crippen molar-refractivity contribution >= 4 is 57.8 Å². The highest BCUT2D eigenvalue weighted by Gasteiger charge is 2.19. The van der Waals surface area contributed by atoms with Gasteiger partial charge in [-0.1, -0.05) is 23.2 Å². The zero-order valence-electron chi connectivity index (χ0n) is 22.7. The average molecular weight is 620 g/mol. The molecule has 1 amide bonds. The Hall–Kier alpha value is -3.53. The quantitative estimate of drug-likeness (QED) is 0.389. The minimum absolute atomic E-state index is 0.215. The lowest BCUT2D eigenvalue weighted by molar-refractivity contribution is -0.111. The Morgan fingerprint density at radius 1 is 1.07 bits per heavy atom. The van der Waals surface area contributed by atoms with E-state index >= 15 is 0 Å². The third-order valence-corrected chi connectivity index (χ3v) is 8.10. The molecule has 0 radical (unpaired) electrons. The highest BCUT2D eigenvalue weighted by molar-refractivity contribution is 7.07. The first kappa shape index (κ1) is 30.4. The van der Waals surface area contributed by atoms with Gasteiger partial charge >= 0.3 is 0 Å². The van der Waals surface area contributed by atoms with Crippen molar-refractivity contribution in [2.45, 2.75) is 6.54 Å². The number of rotatable bonds is 9. The molecule has 4 rings (SSSR count). The number of hydrogen-bond donors (Lipinski definition) is 1. The van der Waals surface area contributed by atoms with Gasteiger partial charge in [0.1, 0.15) is 16.5 Å². The summed E-state index contributed by atoms with van der Waals surface area (Å²) in [6.45, 7) is 3.44. The maximum Gasteiger partial charge on any atom is 0.269 e. The Morgan fingerprint density at radius 2 is 1.76 bits per heavy atom. The van der Waals surface area contributed by atoms with Crippen molar-refractivity contribution in [3.8, 4) is 23.3 Å². The summed E-state index contributed by atoms with van der Waals surface area (Å²) in [6, 6.07) is 9.94. The normalized spacial score (nSPS) is 14.8. The van der Waals surface area contributed by atoms with Gasteiger partial charge < -0.3 is 24.3 Å². The summed E-state index contributed by atoms with van der Waals surface area (Å²) in [7, 11) is 4.53. The van der Waals surface area contributed by atoms with Crippen molar-refractivity contribution in [3.63, 3.8) is 0 Å². The predicted molar refractivity (Wildman–Crippen MR) is 159 cm³/mol. The van der Waals surface area contributed by atoms with Crippen molar-refractivity contribution in [2.24, 2.45) is 0 Å². The number of carbonyl (C=O) groups is 1. The zero-order valence-corrected chi connectivity index (χ0v) is 25.0. The van der Waals surface area contributed by atoms with E-state index in [1.54, 1.807) is 30.3 Å². The Bertz CT molecular complexity index is 1660. The van der Waals surface area contributed by atoms with E-state index in [9.17, 15) is 14.9 Å². The molecule has 3 aromatic rings. The monoisotopic (exact) mass is 618 g/mol. The van der Waals surface area contributed by atoms with Crippen molar-refractivity contribution in [3.05, 3.63) is 65.5 Å². The fourth-order valence-corrected chi connectivity index (χ4v) is 5.71. The number of carbonyl (C=O) groups excluding carboxylic acids is 1. The lowest BCUT2D eigenvalue weighted by Gasteiger charge is -2.26. The molecule has 13 heteroatoms. The smallest absolute Gasteiger partial charge is 0.269 e. The van der Waals surface area contributed by atoms with Gasteiger partial charge in [-0.2, -0.15) is 5.26 Å². The number of aromatic nitrogens is 1. The first-order valence-corrected chi connectivity index (χ1v) is 14.1. The number of halogens is 2. The summed E-state index contributed by atoms with van der Waals surface area (Å²) in [6.07, 6.45) is 1.64. The summed E-state index contributed by atoms with van der Waals surface area (Å²) >= 11 is 13.3. The second-order valence-electron chi connectivity index (χ2n) is 8.84. The summed E-state index contributed by atoms with van der Waals surface area (Å²) < 4.78 is 23.7. The van der Waals surface area contributed by atoms with E-state index in [0.717, 1.165) is 24.4 Å². The van der Waals surface area contributed by atoms with Gasteiger partial charge in [0, 0.05) is 42.8 Å². The van der Waals surface area contributed by atoms with Gasteiger partial charge in [-0.05, 0) is 30.3 Å². The second-order valence-corrected chi connectivity index (χ2v) is 10.7. The Balaban J connectivity index is 1.87. The number of nitriles is 1. The Labute approximate surface area is 250 Å². The number of methoxy groups -OCH3 is 3. The predicted octanol–water partition coefficient (Wildman–Crippen LogP) is 2.72. The number of amides is 1. The van der Waals surface area contributed by atoms with Gasteiger partial charge in [-0.3, -0.25) is 19.1 Å². The maximum absolute atomic E-state index is 13.8. The lowest BCUT2D eigenvalue weighted by Crippen LogP contribution is -2.41. The van der Waals surface area contributed by atoms with E-state index in [0.29, 0.717) is 52.1 Å². The molecule has 1 aliphatic heterocycles.